The monoisotopic (exact) mass is 356 g/mol. The van der Waals surface area contributed by atoms with Crippen molar-refractivity contribution in [3.05, 3.63) is 33.9 Å². The first-order valence-corrected chi connectivity index (χ1v) is 7.90. The van der Waals surface area contributed by atoms with Crippen LogP contribution in [0.5, 0.6) is 0 Å². The Balaban J connectivity index is 0.00000288. The molecule has 1 fully saturated rings. The average Bonchev–Trinajstić information content (AvgIpc) is 2.55. The van der Waals surface area contributed by atoms with Gasteiger partial charge in [-0.1, -0.05) is 6.07 Å². The second kappa shape index (κ2) is 8.96. The Kier molecular flexibility index (Phi) is 7.59. The molecule has 0 aromatic heterocycles. The first-order valence-electron chi connectivity index (χ1n) is 7.90. The third-order valence-electron chi connectivity index (χ3n) is 4.55. The summed E-state index contributed by atoms with van der Waals surface area (Å²) in [5.74, 6) is -0.134. The Labute approximate surface area is 148 Å². The number of benzene rings is 1. The summed E-state index contributed by atoms with van der Waals surface area (Å²) in [5, 5.41) is 17.1. The molecule has 2 rings (SSSR count). The van der Waals surface area contributed by atoms with E-state index in [1.54, 1.807) is 19.1 Å². The number of likely N-dealkylation sites (N-methyl/N-ethyl adjacent to an activating group) is 1. The number of nitro benzene ring substituents is 1. The van der Waals surface area contributed by atoms with Crippen molar-refractivity contribution in [3.8, 4) is 0 Å². The molecule has 2 unspecified atom stereocenters. The number of hydrogen-bond donors (Lipinski definition) is 2. The van der Waals surface area contributed by atoms with Crippen LogP contribution in [0.25, 0.3) is 0 Å². The summed E-state index contributed by atoms with van der Waals surface area (Å²) in [6, 6.07) is 4.85. The molecule has 1 saturated heterocycles. The van der Waals surface area contributed by atoms with Crippen molar-refractivity contribution in [1.29, 1.82) is 0 Å². The van der Waals surface area contributed by atoms with E-state index in [0.29, 0.717) is 17.3 Å². The SMILES string of the molecule is CNC1CCCN(C(C)C(=O)Nc2cccc([N+](=O)[O-])c2C)C1.Cl. The fraction of sp³-hybridized carbons (Fsp3) is 0.562. The number of nitrogens with one attached hydrogen (secondary N) is 2. The lowest BCUT2D eigenvalue weighted by atomic mass is 10.0. The molecule has 0 saturated carbocycles. The number of piperidine rings is 1. The average molecular weight is 357 g/mol. The summed E-state index contributed by atoms with van der Waals surface area (Å²) in [6.07, 6.45) is 2.17. The molecule has 0 aliphatic carbocycles. The maximum absolute atomic E-state index is 12.5. The largest absolute Gasteiger partial charge is 0.324 e. The van der Waals surface area contributed by atoms with Gasteiger partial charge in [0.15, 0.2) is 0 Å². The minimum atomic E-state index is -0.434. The van der Waals surface area contributed by atoms with Gasteiger partial charge in [-0.05, 0) is 46.3 Å². The Hall–Kier alpha value is -1.70. The number of carbonyl (C=O) groups is 1. The number of rotatable bonds is 5. The third kappa shape index (κ3) is 4.66. The number of hydrogen-bond acceptors (Lipinski definition) is 5. The van der Waals surface area contributed by atoms with Crippen molar-refractivity contribution in [3.63, 3.8) is 0 Å². The molecule has 0 radical (unpaired) electrons. The molecule has 2 N–H and O–H groups in total. The molecular formula is C16H25ClN4O3. The van der Waals surface area contributed by atoms with Crippen molar-refractivity contribution in [1.82, 2.24) is 10.2 Å². The zero-order valence-electron chi connectivity index (χ0n) is 14.2. The molecule has 134 valence electrons. The van der Waals surface area contributed by atoms with Crippen LogP contribution in [0.3, 0.4) is 0 Å². The molecule has 0 bridgehead atoms. The summed E-state index contributed by atoms with van der Waals surface area (Å²) in [4.78, 5) is 25.2. The number of nitro groups is 1. The van der Waals surface area contributed by atoms with E-state index in [0.717, 1.165) is 25.9 Å². The number of anilines is 1. The summed E-state index contributed by atoms with van der Waals surface area (Å²) in [6.45, 7) is 5.25. The van der Waals surface area contributed by atoms with Gasteiger partial charge in [-0.3, -0.25) is 19.8 Å². The Morgan fingerprint density at radius 3 is 2.79 bits per heavy atom. The summed E-state index contributed by atoms with van der Waals surface area (Å²) < 4.78 is 0. The normalized spacial score (nSPS) is 19.2. The predicted octanol–water partition coefficient (Wildman–Crippen LogP) is 2.34. The Morgan fingerprint density at radius 1 is 1.46 bits per heavy atom. The number of nitrogens with zero attached hydrogens (tertiary/aromatic N) is 2. The van der Waals surface area contributed by atoms with Crippen molar-refractivity contribution in [2.45, 2.75) is 38.8 Å². The van der Waals surface area contributed by atoms with Gasteiger partial charge >= 0.3 is 0 Å². The molecule has 0 spiro atoms. The van der Waals surface area contributed by atoms with Crippen molar-refractivity contribution in [2.75, 3.05) is 25.5 Å². The smallest absolute Gasteiger partial charge is 0.274 e. The predicted molar refractivity (Wildman–Crippen MR) is 96.8 cm³/mol. The lowest BCUT2D eigenvalue weighted by Gasteiger charge is -2.36. The highest BCUT2D eigenvalue weighted by Crippen LogP contribution is 2.25. The van der Waals surface area contributed by atoms with Crippen molar-refractivity contribution >= 4 is 29.7 Å². The van der Waals surface area contributed by atoms with Gasteiger partial charge in [0, 0.05) is 18.7 Å². The van der Waals surface area contributed by atoms with Crippen LogP contribution in [0.15, 0.2) is 18.2 Å². The minimum Gasteiger partial charge on any atom is -0.324 e. The second-order valence-corrected chi connectivity index (χ2v) is 5.99. The summed E-state index contributed by atoms with van der Waals surface area (Å²) >= 11 is 0. The minimum absolute atomic E-state index is 0. The van der Waals surface area contributed by atoms with Gasteiger partial charge in [-0.2, -0.15) is 0 Å². The van der Waals surface area contributed by atoms with Crippen LogP contribution in [-0.2, 0) is 4.79 Å². The molecule has 1 aliphatic rings. The molecule has 1 aliphatic heterocycles. The zero-order chi connectivity index (χ0) is 17.0. The highest BCUT2D eigenvalue weighted by Gasteiger charge is 2.27. The van der Waals surface area contributed by atoms with Gasteiger partial charge in [0.25, 0.3) is 5.69 Å². The van der Waals surface area contributed by atoms with E-state index in [2.05, 4.69) is 15.5 Å². The van der Waals surface area contributed by atoms with Crippen molar-refractivity contribution < 1.29 is 9.72 Å². The number of halogens is 1. The fourth-order valence-electron chi connectivity index (χ4n) is 2.95. The first kappa shape index (κ1) is 20.3. The van der Waals surface area contributed by atoms with Gasteiger partial charge in [-0.25, -0.2) is 0 Å². The number of carbonyl (C=O) groups excluding carboxylic acids is 1. The van der Waals surface area contributed by atoms with E-state index in [1.807, 2.05) is 14.0 Å². The van der Waals surface area contributed by atoms with E-state index in [9.17, 15) is 14.9 Å². The van der Waals surface area contributed by atoms with Gasteiger partial charge in [0.1, 0.15) is 0 Å². The lowest BCUT2D eigenvalue weighted by Crippen LogP contribution is -2.51. The Morgan fingerprint density at radius 2 is 2.17 bits per heavy atom. The molecule has 1 amide bonds. The number of amides is 1. The van der Waals surface area contributed by atoms with Crippen LogP contribution in [0.4, 0.5) is 11.4 Å². The molecule has 2 atom stereocenters. The molecule has 1 heterocycles. The van der Waals surface area contributed by atoms with Gasteiger partial charge in [-0.15, -0.1) is 12.4 Å². The molecule has 24 heavy (non-hydrogen) atoms. The van der Waals surface area contributed by atoms with E-state index in [1.165, 1.54) is 6.07 Å². The summed E-state index contributed by atoms with van der Waals surface area (Å²) in [7, 11) is 1.94. The fourth-order valence-corrected chi connectivity index (χ4v) is 2.95. The zero-order valence-corrected chi connectivity index (χ0v) is 15.1. The van der Waals surface area contributed by atoms with Crippen LogP contribution in [0, 0.1) is 17.0 Å². The quantitative estimate of drug-likeness (QED) is 0.624. The first-order chi connectivity index (χ1) is 10.9. The lowest BCUT2D eigenvalue weighted by molar-refractivity contribution is -0.385. The highest BCUT2D eigenvalue weighted by molar-refractivity contribution is 5.95. The van der Waals surface area contributed by atoms with E-state index < -0.39 is 4.92 Å². The van der Waals surface area contributed by atoms with Gasteiger partial charge in [0.2, 0.25) is 5.91 Å². The molecule has 1 aromatic carbocycles. The van der Waals surface area contributed by atoms with Crippen LogP contribution < -0.4 is 10.6 Å². The Bertz CT molecular complexity index is 597. The number of likely N-dealkylation sites (tertiary alicyclic amines) is 1. The van der Waals surface area contributed by atoms with E-state index >= 15 is 0 Å². The van der Waals surface area contributed by atoms with Crippen molar-refractivity contribution in [2.24, 2.45) is 0 Å². The molecule has 8 heteroatoms. The maximum atomic E-state index is 12.5. The molecular weight excluding hydrogens is 332 g/mol. The van der Waals surface area contributed by atoms with E-state index in [4.69, 9.17) is 0 Å². The second-order valence-electron chi connectivity index (χ2n) is 5.99. The van der Waals surface area contributed by atoms with Crippen LogP contribution >= 0.6 is 12.4 Å². The highest BCUT2D eigenvalue weighted by atomic mass is 35.5. The van der Waals surface area contributed by atoms with Crippen LogP contribution in [0.1, 0.15) is 25.3 Å². The van der Waals surface area contributed by atoms with Crippen LogP contribution in [-0.4, -0.2) is 48.0 Å². The standard InChI is InChI=1S/C16H24N4O3.ClH/c1-11-14(7-4-8-15(11)20(22)23)18-16(21)12(2)19-9-5-6-13(10-19)17-3;/h4,7-8,12-13,17H,5-6,9-10H2,1-3H3,(H,18,21);1H. The van der Waals surface area contributed by atoms with Crippen LogP contribution in [0.2, 0.25) is 0 Å². The molecule has 7 nitrogen and oxygen atoms in total. The van der Waals surface area contributed by atoms with Gasteiger partial charge < -0.3 is 10.6 Å². The maximum Gasteiger partial charge on any atom is 0.274 e. The van der Waals surface area contributed by atoms with E-state index in [-0.39, 0.29) is 30.0 Å². The third-order valence-corrected chi connectivity index (χ3v) is 4.55. The summed E-state index contributed by atoms with van der Waals surface area (Å²) in [5.41, 5.74) is 0.992. The molecule has 1 aromatic rings. The van der Waals surface area contributed by atoms with Gasteiger partial charge in [0.05, 0.1) is 22.2 Å². The topological polar surface area (TPSA) is 87.5 Å².